The highest BCUT2D eigenvalue weighted by atomic mass is 16.5. The molecular weight excluding hydrogens is 267 g/mol. The second-order valence-corrected chi connectivity index (χ2v) is 4.73. The molecule has 2 aromatic carbocycles. The Morgan fingerprint density at radius 2 is 1.76 bits per heavy atom. The lowest BCUT2D eigenvalue weighted by Gasteiger charge is -2.12. The maximum atomic E-state index is 9.23. The van der Waals surface area contributed by atoms with Crippen LogP contribution in [0, 0.1) is 0 Å². The van der Waals surface area contributed by atoms with Gasteiger partial charge in [-0.3, -0.25) is 0 Å². The first-order valence-corrected chi connectivity index (χ1v) is 6.88. The van der Waals surface area contributed by atoms with Crippen LogP contribution < -0.4 is 14.9 Å². The fourth-order valence-corrected chi connectivity index (χ4v) is 2.05. The number of rotatable bonds is 6. The van der Waals surface area contributed by atoms with Crippen molar-refractivity contribution in [1.29, 1.82) is 0 Å². The zero-order valence-electron chi connectivity index (χ0n) is 12.2. The first-order valence-electron chi connectivity index (χ1n) is 6.88. The van der Waals surface area contributed by atoms with Crippen molar-refractivity contribution in [1.82, 2.24) is 0 Å². The van der Waals surface area contributed by atoms with Crippen molar-refractivity contribution >= 4 is 12.6 Å². The molecule has 0 bridgehead atoms. The zero-order valence-corrected chi connectivity index (χ0v) is 12.2. The van der Waals surface area contributed by atoms with Gasteiger partial charge in [-0.05, 0) is 35.6 Å². The molecule has 0 heterocycles. The maximum absolute atomic E-state index is 9.23. The molecule has 0 saturated carbocycles. The number of hydrogen-bond acceptors (Lipinski definition) is 4. The summed E-state index contributed by atoms with van der Waals surface area (Å²) < 4.78 is 11.0. The van der Waals surface area contributed by atoms with Crippen molar-refractivity contribution in [2.24, 2.45) is 0 Å². The van der Waals surface area contributed by atoms with Gasteiger partial charge in [-0.25, -0.2) is 0 Å². The van der Waals surface area contributed by atoms with E-state index >= 15 is 0 Å². The van der Waals surface area contributed by atoms with Gasteiger partial charge in [-0.2, -0.15) is 0 Å². The van der Waals surface area contributed by atoms with Gasteiger partial charge < -0.3 is 19.5 Å². The lowest BCUT2D eigenvalue weighted by atomic mass is 9.79. The van der Waals surface area contributed by atoms with Gasteiger partial charge in [0, 0.05) is 5.56 Å². The molecule has 0 amide bonds. The molecular formula is C16H19BO4. The first-order chi connectivity index (χ1) is 10.1. The third-order valence-electron chi connectivity index (χ3n) is 3.33. The van der Waals surface area contributed by atoms with Gasteiger partial charge in [0.25, 0.3) is 0 Å². The van der Waals surface area contributed by atoms with Crippen LogP contribution in [0.1, 0.15) is 18.1 Å². The van der Waals surface area contributed by atoms with E-state index in [0.29, 0.717) is 17.8 Å². The fourth-order valence-electron chi connectivity index (χ4n) is 2.05. The molecule has 0 fully saturated rings. The second kappa shape index (κ2) is 7.15. The summed E-state index contributed by atoms with van der Waals surface area (Å²) in [4.78, 5) is 0. The van der Waals surface area contributed by atoms with Gasteiger partial charge in [0.1, 0.15) is 18.1 Å². The maximum Gasteiger partial charge on any atom is 0.488 e. The number of aryl methyl sites for hydroxylation is 1. The van der Waals surface area contributed by atoms with Gasteiger partial charge >= 0.3 is 7.12 Å². The van der Waals surface area contributed by atoms with E-state index < -0.39 is 7.12 Å². The van der Waals surface area contributed by atoms with Gasteiger partial charge in [-0.15, -0.1) is 0 Å². The predicted octanol–water partition coefficient (Wildman–Crippen LogP) is 1.52. The molecule has 0 atom stereocenters. The highest BCUT2D eigenvalue weighted by Crippen LogP contribution is 2.20. The Bertz CT molecular complexity index is 581. The van der Waals surface area contributed by atoms with Gasteiger partial charge in [0.15, 0.2) is 0 Å². The van der Waals surface area contributed by atoms with Crippen molar-refractivity contribution in [2.45, 2.75) is 20.0 Å². The Morgan fingerprint density at radius 3 is 2.33 bits per heavy atom. The van der Waals surface area contributed by atoms with E-state index in [2.05, 4.69) is 6.92 Å². The van der Waals surface area contributed by atoms with Gasteiger partial charge in [0.2, 0.25) is 0 Å². The first kappa shape index (κ1) is 15.4. The Kier molecular flexibility index (Phi) is 5.25. The Hall–Kier alpha value is -1.98. The molecule has 4 nitrogen and oxygen atoms in total. The Balaban J connectivity index is 2.12. The number of ether oxygens (including phenoxy) is 2. The molecule has 2 N–H and O–H groups in total. The van der Waals surface area contributed by atoms with Crippen molar-refractivity contribution in [2.75, 3.05) is 7.11 Å². The highest BCUT2D eigenvalue weighted by Gasteiger charge is 2.14. The van der Waals surface area contributed by atoms with E-state index in [1.54, 1.807) is 25.3 Å². The summed E-state index contributed by atoms with van der Waals surface area (Å²) in [7, 11) is 0.0719. The predicted molar refractivity (Wildman–Crippen MR) is 83.0 cm³/mol. The smallest absolute Gasteiger partial charge is 0.488 e. The monoisotopic (exact) mass is 286 g/mol. The van der Waals surface area contributed by atoms with Crippen LogP contribution >= 0.6 is 0 Å². The number of hydrogen-bond donors (Lipinski definition) is 2. The summed E-state index contributed by atoms with van der Waals surface area (Å²) in [6, 6.07) is 12.9. The van der Waals surface area contributed by atoms with Gasteiger partial charge in [-0.1, -0.05) is 31.2 Å². The molecule has 0 aliphatic heterocycles. The summed E-state index contributed by atoms with van der Waals surface area (Å²) in [6.45, 7) is 2.40. The average Bonchev–Trinajstić information content (AvgIpc) is 2.53. The minimum absolute atomic E-state index is 0.301. The van der Waals surface area contributed by atoms with Crippen LogP contribution in [0.3, 0.4) is 0 Å². The van der Waals surface area contributed by atoms with Crippen molar-refractivity contribution in [3.05, 3.63) is 53.6 Å². The normalized spacial score (nSPS) is 10.3. The Labute approximate surface area is 125 Å². The molecule has 0 aromatic heterocycles. The van der Waals surface area contributed by atoms with E-state index in [1.165, 1.54) is 5.56 Å². The third kappa shape index (κ3) is 4.00. The molecule has 2 aromatic rings. The minimum atomic E-state index is -1.50. The highest BCUT2D eigenvalue weighted by molar-refractivity contribution is 6.58. The van der Waals surface area contributed by atoms with E-state index in [4.69, 9.17) is 9.47 Å². The van der Waals surface area contributed by atoms with Crippen molar-refractivity contribution in [3.63, 3.8) is 0 Å². The lowest BCUT2D eigenvalue weighted by molar-refractivity contribution is 0.296. The molecule has 0 aliphatic rings. The van der Waals surface area contributed by atoms with Crippen LogP contribution in [0.5, 0.6) is 11.5 Å². The van der Waals surface area contributed by atoms with E-state index in [9.17, 15) is 10.0 Å². The van der Waals surface area contributed by atoms with Crippen LogP contribution in [0.15, 0.2) is 42.5 Å². The molecule has 0 spiro atoms. The summed E-state index contributed by atoms with van der Waals surface area (Å²) in [5, 5.41) is 18.5. The molecule has 2 rings (SSSR count). The van der Waals surface area contributed by atoms with E-state index in [1.807, 2.05) is 24.3 Å². The van der Waals surface area contributed by atoms with Crippen LogP contribution in [0.25, 0.3) is 0 Å². The number of benzene rings is 2. The third-order valence-corrected chi connectivity index (χ3v) is 3.33. The Morgan fingerprint density at radius 1 is 1.05 bits per heavy atom. The minimum Gasteiger partial charge on any atom is -0.496 e. The van der Waals surface area contributed by atoms with Crippen molar-refractivity contribution in [3.8, 4) is 11.5 Å². The summed E-state index contributed by atoms with van der Waals surface area (Å²) in [5.74, 6) is 1.42. The van der Waals surface area contributed by atoms with Gasteiger partial charge in [0.05, 0.1) is 7.11 Å². The largest absolute Gasteiger partial charge is 0.496 e. The topological polar surface area (TPSA) is 58.9 Å². The SMILES string of the molecule is CCc1ccc(OCc2cc(B(O)O)ccc2OC)cc1. The fraction of sp³-hybridized carbons (Fsp3) is 0.250. The molecule has 21 heavy (non-hydrogen) atoms. The van der Waals surface area contributed by atoms with Crippen LogP contribution in [0.2, 0.25) is 0 Å². The molecule has 0 unspecified atom stereocenters. The molecule has 0 saturated heterocycles. The second-order valence-electron chi connectivity index (χ2n) is 4.73. The van der Waals surface area contributed by atoms with Crippen LogP contribution in [-0.2, 0) is 13.0 Å². The molecule has 110 valence electrons. The lowest BCUT2D eigenvalue weighted by Crippen LogP contribution is -2.30. The standard InChI is InChI=1S/C16H19BO4/c1-3-12-4-7-15(8-5-12)21-11-13-10-14(17(18)19)6-9-16(13)20-2/h4-10,18-19H,3,11H2,1-2H3. The van der Waals surface area contributed by atoms with E-state index in [0.717, 1.165) is 17.7 Å². The summed E-state index contributed by atoms with van der Waals surface area (Å²) >= 11 is 0. The van der Waals surface area contributed by atoms with Crippen LogP contribution in [0.4, 0.5) is 0 Å². The van der Waals surface area contributed by atoms with Crippen molar-refractivity contribution < 1.29 is 19.5 Å². The average molecular weight is 286 g/mol. The summed E-state index contributed by atoms with van der Waals surface area (Å²) in [5.41, 5.74) is 2.43. The number of methoxy groups -OCH3 is 1. The molecule has 0 aliphatic carbocycles. The molecule has 0 radical (unpaired) electrons. The quantitative estimate of drug-likeness (QED) is 0.790. The van der Waals surface area contributed by atoms with Crippen LogP contribution in [-0.4, -0.2) is 24.3 Å². The summed E-state index contributed by atoms with van der Waals surface area (Å²) in [6.07, 6.45) is 0.991. The van der Waals surface area contributed by atoms with E-state index in [-0.39, 0.29) is 0 Å². The zero-order chi connectivity index (χ0) is 15.2. The molecule has 5 heteroatoms.